The van der Waals surface area contributed by atoms with Crippen molar-refractivity contribution in [1.82, 2.24) is 0 Å². The van der Waals surface area contributed by atoms with Gasteiger partial charge in [0.05, 0.1) is 6.61 Å². The largest absolute Gasteiger partial charge is 0.377 e. The van der Waals surface area contributed by atoms with Gasteiger partial charge in [-0.3, -0.25) is 0 Å². The normalized spacial score (nSPS) is 11.2. The molecule has 1 aromatic rings. The summed E-state index contributed by atoms with van der Waals surface area (Å²) in [6.07, 6.45) is 7.51. The highest BCUT2D eigenvalue weighted by Gasteiger charge is 1.96. The highest BCUT2D eigenvalue weighted by Crippen LogP contribution is 2.21. The van der Waals surface area contributed by atoms with Gasteiger partial charge in [0.25, 0.3) is 0 Å². The molecule has 0 aliphatic carbocycles. The van der Waals surface area contributed by atoms with Crippen molar-refractivity contribution in [3.63, 3.8) is 0 Å². The summed E-state index contributed by atoms with van der Waals surface area (Å²) in [5, 5.41) is 1.32. The van der Waals surface area contributed by atoms with Crippen molar-refractivity contribution in [3.05, 3.63) is 39.9 Å². The van der Waals surface area contributed by atoms with Gasteiger partial charge in [0, 0.05) is 16.7 Å². The molecule has 0 atom stereocenters. The van der Waals surface area contributed by atoms with Gasteiger partial charge >= 0.3 is 0 Å². The highest BCUT2D eigenvalue weighted by molar-refractivity contribution is 6.35. The van der Waals surface area contributed by atoms with Gasteiger partial charge in [-0.2, -0.15) is 0 Å². The number of benzene rings is 1. The average molecular weight is 273 g/mol. The molecule has 0 aliphatic rings. The van der Waals surface area contributed by atoms with Crippen molar-refractivity contribution in [3.8, 4) is 0 Å². The molecule has 0 bridgehead atoms. The van der Waals surface area contributed by atoms with Crippen LogP contribution >= 0.6 is 23.2 Å². The van der Waals surface area contributed by atoms with Gasteiger partial charge in [0.2, 0.25) is 0 Å². The first-order valence-corrected chi connectivity index (χ1v) is 6.69. The monoisotopic (exact) mass is 272 g/mol. The molecule has 1 nitrogen and oxygen atoms in total. The number of rotatable bonds is 7. The number of hydrogen-bond donors (Lipinski definition) is 0. The summed E-state index contributed by atoms with van der Waals surface area (Å²) in [5.74, 6) is 0. The predicted octanol–water partition coefficient (Wildman–Crippen LogP) is 5.21. The summed E-state index contributed by atoms with van der Waals surface area (Å²) < 4.78 is 5.47. The van der Waals surface area contributed by atoms with E-state index in [-0.39, 0.29) is 0 Å². The van der Waals surface area contributed by atoms with Gasteiger partial charge in [-0.15, -0.1) is 0 Å². The molecule has 0 spiro atoms. The van der Waals surface area contributed by atoms with Crippen LogP contribution in [0, 0.1) is 0 Å². The first-order chi connectivity index (χ1) is 8.24. The van der Waals surface area contributed by atoms with Crippen molar-refractivity contribution in [1.29, 1.82) is 0 Å². The van der Waals surface area contributed by atoms with E-state index >= 15 is 0 Å². The van der Waals surface area contributed by atoms with Crippen LogP contribution in [0.15, 0.2) is 24.3 Å². The molecule has 0 radical (unpaired) electrons. The lowest BCUT2D eigenvalue weighted by molar-refractivity contribution is 0.158. The van der Waals surface area contributed by atoms with Gasteiger partial charge in [0.1, 0.15) is 0 Å². The summed E-state index contributed by atoms with van der Waals surface area (Å²) in [4.78, 5) is 0. The third kappa shape index (κ3) is 6.11. The van der Waals surface area contributed by atoms with E-state index in [0.29, 0.717) is 16.7 Å². The molecule has 0 saturated heterocycles. The van der Waals surface area contributed by atoms with E-state index in [2.05, 4.69) is 6.92 Å². The minimum atomic E-state index is 0.628. The molecule has 0 aromatic heterocycles. The van der Waals surface area contributed by atoms with Crippen molar-refractivity contribution in [2.24, 2.45) is 0 Å². The fourth-order valence-electron chi connectivity index (χ4n) is 1.42. The molecule has 1 aromatic carbocycles. The van der Waals surface area contributed by atoms with E-state index in [0.717, 1.165) is 18.6 Å². The molecular formula is C14H18Cl2O. The molecule has 94 valence electrons. The maximum Gasteiger partial charge on any atom is 0.0650 e. The van der Waals surface area contributed by atoms with E-state index in [1.807, 2.05) is 24.3 Å². The quantitative estimate of drug-likeness (QED) is 0.619. The molecule has 1 rings (SSSR count). The highest BCUT2D eigenvalue weighted by atomic mass is 35.5. The zero-order valence-electron chi connectivity index (χ0n) is 10.1. The topological polar surface area (TPSA) is 9.23 Å². The van der Waals surface area contributed by atoms with E-state index in [1.165, 1.54) is 12.8 Å². The van der Waals surface area contributed by atoms with Crippen LogP contribution < -0.4 is 0 Å². The number of ether oxygens (including phenoxy) is 1. The molecule has 0 unspecified atom stereocenters. The SMILES string of the molecule is CCCCCOCC=Cc1ccc(Cl)cc1Cl. The fourth-order valence-corrected chi connectivity index (χ4v) is 1.89. The van der Waals surface area contributed by atoms with E-state index < -0.39 is 0 Å². The Morgan fingerprint density at radius 2 is 2.06 bits per heavy atom. The van der Waals surface area contributed by atoms with Gasteiger partial charge in [0.15, 0.2) is 0 Å². The Kier molecular flexibility index (Phi) is 7.34. The number of unbranched alkanes of at least 4 members (excludes halogenated alkanes) is 2. The van der Waals surface area contributed by atoms with Crippen LogP contribution in [0.25, 0.3) is 6.08 Å². The zero-order valence-corrected chi connectivity index (χ0v) is 11.6. The standard InChI is InChI=1S/C14H18Cl2O/c1-2-3-4-9-17-10-5-6-12-7-8-13(15)11-14(12)16/h5-8,11H,2-4,9-10H2,1H3. The van der Waals surface area contributed by atoms with Crippen LogP contribution in [0.1, 0.15) is 31.7 Å². The minimum absolute atomic E-state index is 0.628. The Morgan fingerprint density at radius 3 is 2.76 bits per heavy atom. The second-order valence-electron chi connectivity index (χ2n) is 3.85. The fraction of sp³-hybridized carbons (Fsp3) is 0.429. The Labute approximate surface area is 113 Å². The van der Waals surface area contributed by atoms with Crippen LogP contribution in [0.4, 0.5) is 0 Å². The molecule has 0 aliphatic heterocycles. The number of halogens is 2. The minimum Gasteiger partial charge on any atom is -0.377 e. The Hall–Kier alpha value is -0.500. The van der Waals surface area contributed by atoms with Crippen LogP contribution in [-0.4, -0.2) is 13.2 Å². The van der Waals surface area contributed by atoms with E-state index in [9.17, 15) is 0 Å². The smallest absolute Gasteiger partial charge is 0.0650 e. The lowest BCUT2D eigenvalue weighted by Crippen LogP contribution is -1.93. The lowest BCUT2D eigenvalue weighted by atomic mass is 10.2. The maximum atomic E-state index is 6.03. The summed E-state index contributed by atoms with van der Waals surface area (Å²) in [7, 11) is 0. The first-order valence-electron chi connectivity index (χ1n) is 5.93. The van der Waals surface area contributed by atoms with Crippen LogP contribution in [0.2, 0.25) is 10.0 Å². The van der Waals surface area contributed by atoms with Gasteiger partial charge in [-0.1, -0.05) is 61.2 Å². The van der Waals surface area contributed by atoms with Crippen molar-refractivity contribution in [2.75, 3.05) is 13.2 Å². The second-order valence-corrected chi connectivity index (χ2v) is 4.69. The third-order valence-corrected chi connectivity index (χ3v) is 2.93. The van der Waals surface area contributed by atoms with Crippen LogP contribution in [0.3, 0.4) is 0 Å². The molecule has 0 saturated carbocycles. The van der Waals surface area contributed by atoms with Crippen molar-refractivity contribution >= 4 is 29.3 Å². The summed E-state index contributed by atoms with van der Waals surface area (Å²) in [5.41, 5.74) is 0.966. The van der Waals surface area contributed by atoms with Crippen LogP contribution in [0.5, 0.6) is 0 Å². The average Bonchev–Trinajstić information content (AvgIpc) is 2.30. The van der Waals surface area contributed by atoms with Gasteiger partial charge in [-0.25, -0.2) is 0 Å². The molecule has 0 amide bonds. The van der Waals surface area contributed by atoms with Crippen LogP contribution in [-0.2, 0) is 4.74 Å². The second kappa shape index (κ2) is 8.57. The Balaban J connectivity index is 2.28. The maximum absolute atomic E-state index is 6.03. The molecular weight excluding hydrogens is 255 g/mol. The van der Waals surface area contributed by atoms with Gasteiger partial charge in [-0.05, 0) is 24.1 Å². The molecule has 0 fully saturated rings. The zero-order chi connectivity index (χ0) is 12.5. The molecule has 17 heavy (non-hydrogen) atoms. The van der Waals surface area contributed by atoms with E-state index in [4.69, 9.17) is 27.9 Å². The lowest BCUT2D eigenvalue weighted by Gasteiger charge is -2.00. The molecule has 3 heteroatoms. The Morgan fingerprint density at radius 1 is 1.24 bits per heavy atom. The number of hydrogen-bond acceptors (Lipinski definition) is 1. The Bertz CT molecular complexity index is 361. The van der Waals surface area contributed by atoms with Crippen molar-refractivity contribution < 1.29 is 4.74 Å². The van der Waals surface area contributed by atoms with Gasteiger partial charge < -0.3 is 4.74 Å². The third-order valence-electron chi connectivity index (χ3n) is 2.37. The molecule has 0 heterocycles. The summed E-state index contributed by atoms with van der Waals surface area (Å²) >= 11 is 11.9. The first kappa shape index (κ1) is 14.6. The van der Waals surface area contributed by atoms with E-state index in [1.54, 1.807) is 6.07 Å². The molecule has 0 N–H and O–H groups in total. The predicted molar refractivity (Wildman–Crippen MR) is 75.8 cm³/mol. The van der Waals surface area contributed by atoms with Crippen molar-refractivity contribution in [2.45, 2.75) is 26.2 Å². The summed E-state index contributed by atoms with van der Waals surface area (Å²) in [6, 6.07) is 5.47. The summed E-state index contributed by atoms with van der Waals surface area (Å²) in [6.45, 7) is 3.64.